The van der Waals surface area contributed by atoms with Gasteiger partial charge in [0.05, 0.1) is 11.6 Å². The van der Waals surface area contributed by atoms with E-state index in [4.69, 9.17) is 9.73 Å². The van der Waals surface area contributed by atoms with Gasteiger partial charge in [-0.1, -0.05) is 37.6 Å². The van der Waals surface area contributed by atoms with Crippen molar-refractivity contribution < 1.29 is 13.7 Å². The number of thioether (sulfide) groups is 1. The predicted octanol–water partition coefficient (Wildman–Crippen LogP) is 5.95. The van der Waals surface area contributed by atoms with E-state index in [1.165, 1.54) is 17.3 Å². The molecule has 6 nitrogen and oxygen atoms in total. The Bertz CT molecular complexity index is 937. The van der Waals surface area contributed by atoms with E-state index in [2.05, 4.69) is 38.2 Å². The lowest BCUT2D eigenvalue weighted by molar-refractivity contribution is -0.117. The fourth-order valence-corrected chi connectivity index (χ4v) is 3.84. The fourth-order valence-electron chi connectivity index (χ4n) is 2.72. The van der Waals surface area contributed by atoms with Crippen LogP contribution in [-0.2, 0) is 26.9 Å². The molecule has 1 amide bonds. The summed E-state index contributed by atoms with van der Waals surface area (Å²) in [4.78, 5) is 22.1. The predicted molar refractivity (Wildman–Crippen MR) is 147 cm³/mol. The molecule has 0 radical (unpaired) electrons. The molecule has 0 fully saturated rings. The van der Waals surface area contributed by atoms with E-state index in [-0.39, 0.29) is 5.92 Å². The van der Waals surface area contributed by atoms with Crippen LogP contribution in [-0.4, -0.2) is 48.0 Å². The topological polar surface area (TPSA) is 71.3 Å². The summed E-state index contributed by atoms with van der Waals surface area (Å²) in [6.07, 6.45) is 9.09. The molecule has 0 aliphatic carbocycles. The number of rotatable bonds is 15. The zero-order valence-corrected chi connectivity index (χ0v) is 22.6. The fraction of sp³-hybridized carbons (Fsp3) is 0.423. The highest BCUT2D eigenvalue weighted by Gasteiger charge is 2.16. The Kier molecular flexibility index (Phi) is 14.1. The van der Waals surface area contributed by atoms with E-state index in [0.717, 1.165) is 34.7 Å². The van der Waals surface area contributed by atoms with Crippen molar-refractivity contribution in [2.45, 2.75) is 51.5 Å². The Labute approximate surface area is 211 Å². The van der Waals surface area contributed by atoms with E-state index >= 15 is 0 Å². The van der Waals surface area contributed by atoms with Crippen LogP contribution in [0.3, 0.4) is 0 Å². The molecule has 0 saturated carbocycles. The second-order valence-electron chi connectivity index (χ2n) is 7.94. The minimum Gasteiger partial charge on any atom is -0.436 e. The molecule has 2 unspecified atom stereocenters. The number of aliphatic imine (C=N–C) groups is 2. The zero-order valence-electron chi connectivity index (χ0n) is 21.0. The van der Waals surface area contributed by atoms with Gasteiger partial charge in [-0.15, -0.1) is 0 Å². The smallest absolute Gasteiger partial charge is 0.209 e. The maximum Gasteiger partial charge on any atom is 0.209 e. The SMILES string of the molecule is C=N/C(=C\C/C=C(\C)CC)SC(=C)OC(=NCc1ccc(S(C)=O)cc1)C(C)CCN(C)C=O. The van der Waals surface area contributed by atoms with Gasteiger partial charge in [0, 0.05) is 41.5 Å². The molecule has 2 atom stereocenters. The van der Waals surface area contributed by atoms with Crippen LogP contribution in [0.5, 0.6) is 0 Å². The number of ether oxygens (including phenoxy) is 1. The molecule has 0 bridgehead atoms. The van der Waals surface area contributed by atoms with E-state index in [1.807, 2.05) is 37.3 Å². The van der Waals surface area contributed by atoms with Crippen LogP contribution in [0, 0.1) is 5.92 Å². The molecule has 8 heteroatoms. The second kappa shape index (κ2) is 16.2. The van der Waals surface area contributed by atoms with E-state index in [0.29, 0.717) is 30.5 Å². The third kappa shape index (κ3) is 11.6. The lowest BCUT2D eigenvalue weighted by Crippen LogP contribution is -2.23. The lowest BCUT2D eigenvalue weighted by Gasteiger charge is -2.19. The minimum atomic E-state index is -1.02. The molecule has 0 aromatic heterocycles. The number of allylic oxidation sites excluding steroid dienone is 3. The van der Waals surface area contributed by atoms with Crippen molar-refractivity contribution in [2.24, 2.45) is 15.9 Å². The van der Waals surface area contributed by atoms with Crippen molar-refractivity contribution in [1.82, 2.24) is 4.90 Å². The first-order valence-corrected chi connectivity index (χ1v) is 13.6. The zero-order chi connectivity index (χ0) is 25.5. The second-order valence-corrected chi connectivity index (χ2v) is 10.4. The number of hydrogen-bond donors (Lipinski definition) is 0. The maximum absolute atomic E-state index is 11.6. The van der Waals surface area contributed by atoms with Crippen LogP contribution >= 0.6 is 11.8 Å². The number of nitrogens with zero attached hydrogens (tertiary/aromatic N) is 3. The molecule has 0 aliphatic heterocycles. The van der Waals surface area contributed by atoms with Gasteiger partial charge in [0.2, 0.25) is 6.41 Å². The van der Waals surface area contributed by atoms with Crippen molar-refractivity contribution in [3.63, 3.8) is 0 Å². The van der Waals surface area contributed by atoms with E-state index in [9.17, 15) is 9.00 Å². The van der Waals surface area contributed by atoms with Gasteiger partial charge >= 0.3 is 0 Å². The van der Waals surface area contributed by atoms with Gasteiger partial charge in [-0.3, -0.25) is 19.0 Å². The Hall–Kier alpha value is -2.45. The number of hydrogen-bond acceptors (Lipinski definition) is 6. The van der Waals surface area contributed by atoms with Crippen LogP contribution in [0.15, 0.2) is 73.6 Å². The first-order valence-electron chi connectivity index (χ1n) is 11.2. The molecule has 0 spiro atoms. The third-order valence-electron chi connectivity index (χ3n) is 5.10. The lowest BCUT2D eigenvalue weighted by atomic mass is 10.1. The van der Waals surface area contributed by atoms with Crippen molar-refractivity contribution >= 4 is 41.6 Å². The summed E-state index contributed by atoms with van der Waals surface area (Å²) < 4.78 is 17.7. The van der Waals surface area contributed by atoms with E-state index < -0.39 is 10.8 Å². The summed E-state index contributed by atoms with van der Waals surface area (Å²) in [5.41, 5.74) is 2.30. The summed E-state index contributed by atoms with van der Waals surface area (Å²) in [5, 5.41) is 1.18. The monoisotopic (exact) mass is 503 g/mol. The quantitative estimate of drug-likeness (QED) is 0.0975. The van der Waals surface area contributed by atoms with Crippen molar-refractivity contribution in [3.8, 4) is 0 Å². The van der Waals surface area contributed by atoms with Crippen molar-refractivity contribution in [1.29, 1.82) is 0 Å². The molecule has 34 heavy (non-hydrogen) atoms. The highest BCUT2D eigenvalue weighted by atomic mass is 32.2. The molecule has 186 valence electrons. The van der Waals surface area contributed by atoms with Crippen LogP contribution in [0.25, 0.3) is 0 Å². The van der Waals surface area contributed by atoms with Crippen molar-refractivity contribution in [3.05, 3.63) is 64.3 Å². The summed E-state index contributed by atoms with van der Waals surface area (Å²) in [6.45, 7) is 14.9. The van der Waals surface area contributed by atoms with Gasteiger partial charge in [0.1, 0.15) is 0 Å². The minimum absolute atomic E-state index is 0.0265. The number of amides is 1. The Balaban J connectivity index is 2.95. The summed E-state index contributed by atoms with van der Waals surface area (Å²) in [7, 11) is 0.726. The standard InChI is InChI=1S/C26H37N3O3S2/c1-8-20(2)10-9-11-25(27-5)33-22(4)32-26(21(3)16-17-29(6)19-30)28-18-23-12-14-24(15-13-23)34(7)31/h10-15,19,21H,4-5,8-9,16-18H2,1-3,6-7H3/b20-10+,25-11+,28-26?. The van der Waals surface area contributed by atoms with Crippen LogP contribution in [0.4, 0.5) is 0 Å². The highest BCUT2D eigenvalue weighted by Crippen LogP contribution is 2.28. The molecule has 1 aromatic carbocycles. The van der Waals surface area contributed by atoms with Crippen LogP contribution in [0.2, 0.25) is 0 Å². The largest absolute Gasteiger partial charge is 0.436 e. The van der Waals surface area contributed by atoms with Gasteiger partial charge in [0.25, 0.3) is 0 Å². The molecule has 0 N–H and O–H groups in total. The number of carbonyl (C=O) groups excluding carboxylic acids is 1. The first kappa shape index (κ1) is 29.6. The summed E-state index contributed by atoms with van der Waals surface area (Å²) >= 11 is 1.31. The van der Waals surface area contributed by atoms with Crippen LogP contribution in [0.1, 0.15) is 45.6 Å². The van der Waals surface area contributed by atoms with Gasteiger partial charge in [-0.05, 0) is 75.0 Å². The molecule has 0 heterocycles. The molecule has 0 saturated heterocycles. The van der Waals surface area contributed by atoms with E-state index in [1.54, 1.807) is 18.2 Å². The van der Waals surface area contributed by atoms with Crippen LogP contribution < -0.4 is 0 Å². The van der Waals surface area contributed by atoms with Gasteiger partial charge in [-0.25, -0.2) is 0 Å². The number of benzene rings is 1. The van der Waals surface area contributed by atoms with Crippen molar-refractivity contribution in [2.75, 3.05) is 19.8 Å². The molecular formula is C26H37N3O3S2. The maximum atomic E-state index is 11.6. The van der Waals surface area contributed by atoms with Gasteiger partial charge in [-0.2, -0.15) is 0 Å². The Morgan fingerprint density at radius 2 is 1.97 bits per heavy atom. The van der Waals surface area contributed by atoms with Gasteiger partial charge < -0.3 is 9.64 Å². The Morgan fingerprint density at radius 3 is 2.53 bits per heavy atom. The third-order valence-corrected chi connectivity index (χ3v) is 6.85. The molecular weight excluding hydrogens is 466 g/mol. The summed E-state index contributed by atoms with van der Waals surface area (Å²) in [5.74, 6) is 0.520. The Morgan fingerprint density at radius 1 is 1.29 bits per heavy atom. The number of carbonyl (C=O) groups is 1. The molecule has 0 aliphatic rings. The average Bonchev–Trinajstić information content (AvgIpc) is 2.83. The molecule has 1 aromatic rings. The highest BCUT2D eigenvalue weighted by molar-refractivity contribution is 8.06. The normalized spacial score (nSPS) is 14.3. The summed E-state index contributed by atoms with van der Waals surface area (Å²) in [6, 6.07) is 7.53. The average molecular weight is 504 g/mol. The first-order chi connectivity index (χ1) is 16.2. The molecule has 1 rings (SSSR count). The van der Waals surface area contributed by atoms with Gasteiger partial charge in [0.15, 0.2) is 11.0 Å².